The van der Waals surface area contributed by atoms with E-state index in [2.05, 4.69) is 52.3 Å². The van der Waals surface area contributed by atoms with Gasteiger partial charge >= 0.3 is 0 Å². The highest BCUT2D eigenvalue weighted by atomic mass is 15.1. The summed E-state index contributed by atoms with van der Waals surface area (Å²) in [6, 6.07) is 0. The first-order valence-corrected chi connectivity index (χ1v) is 7.42. The van der Waals surface area contributed by atoms with Gasteiger partial charge in [0, 0.05) is 0 Å². The summed E-state index contributed by atoms with van der Waals surface area (Å²) in [5.74, 6) is 2.21. The Morgan fingerprint density at radius 3 is 2.33 bits per heavy atom. The topological polar surface area (TPSA) is 3.24 Å². The zero-order valence-corrected chi connectivity index (χ0v) is 13.0. The Balaban J connectivity index is 2.61. The Kier molecular flexibility index (Phi) is 6.14. The first-order valence-electron chi connectivity index (χ1n) is 7.42. The molecule has 1 aliphatic heterocycles. The molecule has 0 radical (unpaired) electrons. The number of piperidine rings is 1. The average molecular weight is 249 g/mol. The molecule has 18 heavy (non-hydrogen) atoms. The van der Waals surface area contributed by atoms with E-state index in [-0.39, 0.29) is 0 Å². The fourth-order valence-electron chi connectivity index (χ4n) is 3.07. The van der Waals surface area contributed by atoms with Crippen molar-refractivity contribution in [2.24, 2.45) is 17.8 Å². The summed E-state index contributed by atoms with van der Waals surface area (Å²) in [4.78, 5) is 2.45. The van der Waals surface area contributed by atoms with Crippen LogP contribution in [0.25, 0.3) is 0 Å². The smallest absolute Gasteiger partial charge is 0.00191 e. The van der Waals surface area contributed by atoms with Gasteiger partial charge in [-0.05, 0) is 77.9 Å². The lowest BCUT2D eigenvalue weighted by molar-refractivity contribution is 0.192. The first-order chi connectivity index (χ1) is 8.45. The Hall–Kier alpha value is -0.560. The van der Waals surface area contributed by atoms with Gasteiger partial charge in [-0.25, -0.2) is 0 Å². The van der Waals surface area contributed by atoms with E-state index in [0.29, 0.717) is 11.8 Å². The van der Waals surface area contributed by atoms with Gasteiger partial charge in [0.15, 0.2) is 0 Å². The van der Waals surface area contributed by atoms with Crippen LogP contribution in [0.15, 0.2) is 23.8 Å². The second-order valence-electron chi connectivity index (χ2n) is 6.26. The molecule has 1 rings (SSSR count). The third-order valence-corrected chi connectivity index (χ3v) is 4.84. The molecule has 1 fully saturated rings. The predicted molar refractivity (Wildman–Crippen MR) is 81.7 cm³/mol. The van der Waals surface area contributed by atoms with E-state index in [9.17, 15) is 0 Å². The van der Waals surface area contributed by atoms with Crippen molar-refractivity contribution in [3.05, 3.63) is 23.8 Å². The lowest BCUT2D eigenvalue weighted by Crippen LogP contribution is -2.32. The molecule has 1 heterocycles. The minimum Gasteiger partial charge on any atom is -0.306 e. The van der Waals surface area contributed by atoms with Gasteiger partial charge in [-0.3, -0.25) is 0 Å². The molecule has 2 unspecified atom stereocenters. The standard InChI is InChI=1S/C17H31N/c1-7-14(4)15(5)17(13(2)3)12-16-8-10-18(6)11-9-16/h7,15-17H,2,8-12H2,1,3-6H3. The molecule has 0 amide bonds. The molecule has 1 saturated heterocycles. The second kappa shape index (κ2) is 7.13. The largest absolute Gasteiger partial charge is 0.306 e. The van der Waals surface area contributed by atoms with Crippen LogP contribution >= 0.6 is 0 Å². The molecule has 1 aliphatic rings. The first kappa shape index (κ1) is 15.5. The Labute approximate surface area is 114 Å². The Morgan fingerprint density at radius 2 is 1.89 bits per heavy atom. The van der Waals surface area contributed by atoms with Crippen molar-refractivity contribution in [1.29, 1.82) is 0 Å². The Morgan fingerprint density at radius 1 is 1.33 bits per heavy atom. The Bertz CT molecular complexity index is 295. The van der Waals surface area contributed by atoms with Crippen LogP contribution in [-0.4, -0.2) is 25.0 Å². The van der Waals surface area contributed by atoms with E-state index in [0.717, 1.165) is 5.92 Å². The summed E-state index contributed by atoms with van der Waals surface area (Å²) in [7, 11) is 2.24. The summed E-state index contributed by atoms with van der Waals surface area (Å²) >= 11 is 0. The number of hydrogen-bond acceptors (Lipinski definition) is 1. The molecule has 104 valence electrons. The van der Waals surface area contributed by atoms with Crippen LogP contribution in [0, 0.1) is 17.8 Å². The zero-order chi connectivity index (χ0) is 13.7. The van der Waals surface area contributed by atoms with E-state index >= 15 is 0 Å². The van der Waals surface area contributed by atoms with Crippen molar-refractivity contribution >= 4 is 0 Å². The molecule has 0 saturated carbocycles. The lowest BCUT2D eigenvalue weighted by atomic mass is 9.76. The van der Waals surface area contributed by atoms with Gasteiger partial charge in [0.1, 0.15) is 0 Å². The average Bonchev–Trinajstić information content (AvgIpc) is 2.36. The van der Waals surface area contributed by atoms with Gasteiger partial charge in [-0.2, -0.15) is 0 Å². The quantitative estimate of drug-likeness (QED) is 0.648. The van der Waals surface area contributed by atoms with E-state index in [1.807, 2.05) is 0 Å². The maximum Gasteiger partial charge on any atom is -0.00191 e. The van der Waals surface area contributed by atoms with Crippen molar-refractivity contribution in [2.45, 2.75) is 47.0 Å². The zero-order valence-electron chi connectivity index (χ0n) is 13.0. The third kappa shape index (κ3) is 4.28. The summed E-state index contributed by atoms with van der Waals surface area (Å²) in [5, 5.41) is 0. The molecule has 2 atom stereocenters. The van der Waals surface area contributed by atoms with Crippen molar-refractivity contribution in [2.75, 3.05) is 20.1 Å². The normalized spacial score (nSPS) is 22.8. The molecular formula is C17H31N. The van der Waals surface area contributed by atoms with Gasteiger partial charge in [0.25, 0.3) is 0 Å². The molecule has 0 spiro atoms. The SMILES string of the molecule is C=C(C)C(CC1CCN(C)CC1)C(C)C(C)=CC. The fraction of sp³-hybridized carbons (Fsp3) is 0.765. The summed E-state index contributed by atoms with van der Waals surface area (Å²) in [6.07, 6.45) is 6.31. The number of allylic oxidation sites excluding steroid dienone is 3. The molecular weight excluding hydrogens is 218 g/mol. The van der Waals surface area contributed by atoms with Crippen LogP contribution in [-0.2, 0) is 0 Å². The van der Waals surface area contributed by atoms with Crippen LogP contribution in [0.3, 0.4) is 0 Å². The molecule has 1 heteroatoms. The van der Waals surface area contributed by atoms with Crippen LogP contribution < -0.4 is 0 Å². The van der Waals surface area contributed by atoms with Gasteiger partial charge in [-0.15, -0.1) is 0 Å². The van der Waals surface area contributed by atoms with Gasteiger partial charge in [-0.1, -0.05) is 30.7 Å². The lowest BCUT2D eigenvalue weighted by Gasteiger charge is -2.34. The van der Waals surface area contributed by atoms with Crippen LogP contribution in [0.2, 0.25) is 0 Å². The van der Waals surface area contributed by atoms with Gasteiger partial charge in [0.2, 0.25) is 0 Å². The van der Waals surface area contributed by atoms with Crippen LogP contribution in [0.5, 0.6) is 0 Å². The van der Waals surface area contributed by atoms with Crippen molar-refractivity contribution < 1.29 is 0 Å². The number of rotatable bonds is 5. The minimum atomic E-state index is 0.646. The van der Waals surface area contributed by atoms with Gasteiger partial charge in [0.05, 0.1) is 0 Å². The summed E-state index contributed by atoms with van der Waals surface area (Å²) in [5.41, 5.74) is 2.87. The molecule has 0 N–H and O–H groups in total. The minimum absolute atomic E-state index is 0.646. The van der Waals surface area contributed by atoms with E-state index in [1.165, 1.54) is 43.5 Å². The third-order valence-electron chi connectivity index (χ3n) is 4.84. The van der Waals surface area contributed by atoms with Crippen molar-refractivity contribution in [1.82, 2.24) is 4.90 Å². The maximum absolute atomic E-state index is 4.24. The van der Waals surface area contributed by atoms with Gasteiger partial charge < -0.3 is 4.90 Å². The highest BCUT2D eigenvalue weighted by Gasteiger charge is 2.25. The van der Waals surface area contributed by atoms with Crippen molar-refractivity contribution in [3.63, 3.8) is 0 Å². The molecule has 0 aromatic carbocycles. The highest BCUT2D eigenvalue weighted by molar-refractivity contribution is 5.10. The fourth-order valence-corrected chi connectivity index (χ4v) is 3.07. The van der Waals surface area contributed by atoms with Crippen LogP contribution in [0.4, 0.5) is 0 Å². The maximum atomic E-state index is 4.24. The number of likely N-dealkylation sites (tertiary alicyclic amines) is 1. The second-order valence-corrected chi connectivity index (χ2v) is 6.26. The molecule has 0 aromatic rings. The predicted octanol–water partition coefficient (Wildman–Crippen LogP) is 4.51. The van der Waals surface area contributed by atoms with E-state index in [4.69, 9.17) is 0 Å². The number of nitrogens with zero attached hydrogens (tertiary/aromatic N) is 1. The summed E-state index contributed by atoms with van der Waals surface area (Å²) < 4.78 is 0. The van der Waals surface area contributed by atoms with E-state index in [1.54, 1.807) is 0 Å². The highest BCUT2D eigenvalue weighted by Crippen LogP contribution is 2.34. The molecule has 0 bridgehead atoms. The molecule has 0 aliphatic carbocycles. The van der Waals surface area contributed by atoms with E-state index < -0.39 is 0 Å². The number of hydrogen-bond donors (Lipinski definition) is 0. The van der Waals surface area contributed by atoms with Crippen molar-refractivity contribution in [3.8, 4) is 0 Å². The monoisotopic (exact) mass is 249 g/mol. The molecule has 1 nitrogen and oxygen atoms in total. The molecule has 0 aromatic heterocycles. The van der Waals surface area contributed by atoms with Crippen LogP contribution in [0.1, 0.15) is 47.0 Å². The summed E-state index contributed by atoms with van der Waals surface area (Å²) in [6.45, 7) is 15.8.